The number of rotatable bonds is 6. The van der Waals surface area contributed by atoms with Gasteiger partial charge in [-0.05, 0) is 13.3 Å². The molecule has 0 radical (unpaired) electrons. The highest BCUT2D eigenvalue weighted by atomic mass is 16.4. The number of amides is 1. The van der Waals surface area contributed by atoms with Crippen molar-refractivity contribution < 1.29 is 9.21 Å². The normalized spacial score (nSPS) is 12.1. The highest BCUT2D eigenvalue weighted by Crippen LogP contribution is 2.20. The highest BCUT2D eigenvalue weighted by Gasteiger charge is 2.10. The van der Waals surface area contributed by atoms with Gasteiger partial charge in [-0.1, -0.05) is 37.3 Å². The van der Waals surface area contributed by atoms with E-state index in [4.69, 9.17) is 4.42 Å². The SMILES string of the molecule is CC[C@H](C)NC(=O)CCc1ncc(-c2ccccc2)o1. The molecule has 4 heteroatoms. The van der Waals surface area contributed by atoms with Crippen molar-refractivity contribution in [1.29, 1.82) is 0 Å². The fourth-order valence-electron chi connectivity index (χ4n) is 1.83. The average Bonchev–Trinajstić information content (AvgIpc) is 2.95. The van der Waals surface area contributed by atoms with E-state index < -0.39 is 0 Å². The van der Waals surface area contributed by atoms with Crippen LogP contribution in [0.1, 0.15) is 32.6 Å². The molecule has 0 aliphatic heterocycles. The maximum absolute atomic E-state index is 11.7. The van der Waals surface area contributed by atoms with E-state index in [0.29, 0.717) is 18.7 Å². The number of aromatic nitrogens is 1. The third-order valence-corrected chi connectivity index (χ3v) is 3.20. The minimum Gasteiger partial charge on any atom is -0.441 e. The van der Waals surface area contributed by atoms with Crippen LogP contribution < -0.4 is 5.32 Å². The van der Waals surface area contributed by atoms with Crippen molar-refractivity contribution >= 4 is 5.91 Å². The first-order valence-corrected chi connectivity index (χ1v) is 6.98. The van der Waals surface area contributed by atoms with Gasteiger partial charge in [-0.2, -0.15) is 0 Å². The van der Waals surface area contributed by atoms with Crippen LogP contribution in [0.15, 0.2) is 40.9 Å². The second-order valence-corrected chi connectivity index (χ2v) is 4.86. The molecule has 1 aromatic heterocycles. The molecule has 1 amide bonds. The van der Waals surface area contributed by atoms with Gasteiger partial charge in [-0.25, -0.2) is 4.98 Å². The summed E-state index contributed by atoms with van der Waals surface area (Å²) >= 11 is 0. The Hall–Kier alpha value is -2.10. The van der Waals surface area contributed by atoms with Crippen LogP contribution in [0.25, 0.3) is 11.3 Å². The van der Waals surface area contributed by atoms with E-state index in [-0.39, 0.29) is 11.9 Å². The molecular weight excluding hydrogens is 252 g/mol. The number of nitrogens with one attached hydrogen (secondary N) is 1. The third kappa shape index (κ3) is 3.95. The number of nitrogens with zero attached hydrogens (tertiary/aromatic N) is 1. The van der Waals surface area contributed by atoms with Crippen molar-refractivity contribution in [3.63, 3.8) is 0 Å². The van der Waals surface area contributed by atoms with E-state index in [0.717, 1.165) is 17.7 Å². The number of benzene rings is 1. The van der Waals surface area contributed by atoms with Gasteiger partial charge < -0.3 is 9.73 Å². The maximum atomic E-state index is 11.7. The minimum atomic E-state index is 0.0406. The molecule has 2 rings (SSSR count). The van der Waals surface area contributed by atoms with Gasteiger partial charge >= 0.3 is 0 Å². The lowest BCUT2D eigenvalue weighted by molar-refractivity contribution is -0.121. The van der Waals surface area contributed by atoms with Gasteiger partial charge in [0.25, 0.3) is 0 Å². The Morgan fingerprint density at radius 3 is 2.80 bits per heavy atom. The maximum Gasteiger partial charge on any atom is 0.220 e. The van der Waals surface area contributed by atoms with E-state index in [1.807, 2.05) is 44.2 Å². The van der Waals surface area contributed by atoms with Crippen LogP contribution in [0.5, 0.6) is 0 Å². The Morgan fingerprint density at radius 1 is 1.35 bits per heavy atom. The van der Waals surface area contributed by atoms with E-state index >= 15 is 0 Å². The molecule has 1 heterocycles. The molecular formula is C16H20N2O2. The first kappa shape index (κ1) is 14.3. The van der Waals surface area contributed by atoms with Gasteiger partial charge in [0, 0.05) is 24.4 Å². The smallest absolute Gasteiger partial charge is 0.220 e. The summed E-state index contributed by atoms with van der Waals surface area (Å²) in [6.07, 6.45) is 3.56. The quantitative estimate of drug-likeness (QED) is 0.878. The number of carbonyl (C=O) groups is 1. The summed E-state index contributed by atoms with van der Waals surface area (Å²) in [6, 6.07) is 10.0. The highest BCUT2D eigenvalue weighted by molar-refractivity contribution is 5.76. The van der Waals surface area contributed by atoms with Crippen LogP contribution in [0, 0.1) is 0 Å². The zero-order chi connectivity index (χ0) is 14.4. The van der Waals surface area contributed by atoms with Crippen molar-refractivity contribution in [3.05, 3.63) is 42.4 Å². The molecule has 4 nitrogen and oxygen atoms in total. The lowest BCUT2D eigenvalue weighted by Gasteiger charge is -2.10. The molecule has 0 unspecified atom stereocenters. The Morgan fingerprint density at radius 2 is 2.10 bits per heavy atom. The van der Waals surface area contributed by atoms with Crippen molar-refractivity contribution in [2.75, 3.05) is 0 Å². The summed E-state index contributed by atoms with van der Waals surface area (Å²) in [4.78, 5) is 15.9. The second-order valence-electron chi connectivity index (χ2n) is 4.86. The van der Waals surface area contributed by atoms with Crippen LogP contribution in [0.4, 0.5) is 0 Å². The Bertz CT molecular complexity index is 549. The summed E-state index contributed by atoms with van der Waals surface area (Å²) in [5.74, 6) is 1.38. The molecule has 20 heavy (non-hydrogen) atoms. The first-order chi connectivity index (χ1) is 9.69. The second kappa shape index (κ2) is 6.89. The molecule has 1 atom stereocenters. The third-order valence-electron chi connectivity index (χ3n) is 3.20. The van der Waals surface area contributed by atoms with Gasteiger partial charge in [0.15, 0.2) is 11.7 Å². The Balaban J connectivity index is 1.89. The molecule has 0 spiro atoms. The predicted molar refractivity (Wildman–Crippen MR) is 78.2 cm³/mol. The fraction of sp³-hybridized carbons (Fsp3) is 0.375. The number of hydrogen-bond acceptors (Lipinski definition) is 3. The van der Waals surface area contributed by atoms with E-state index in [9.17, 15) is 4.79 Å². The van der Waals surface area contributed by atoms with Gasteiger partial charge in [-0.15, -0.1) is 0 Å². The molecule has 0 fully saturated rings. The van der Waals surface area contributed by atoms with Gasteiger partial charge in [0.05, 0.1) is 6.20 Å². The minimum absolute atomic E-state index is 0.0406. The molecule has 1 N–H and O–H groups in total. The average molecular weight is 272 g/mol. The summed E-state index contributed by atoms with van der Waals surface area (Å²) in [5, 5.41) is 2.93. The molecule has 0 bridgehead atoms. The van der Waals surface area contributed by atoms with Gasteiger partial charge in [0.2, 0.25) is 5.91 Å². The summed E-state index contributed by atoms with van der Waals surface area (Å²) in [7, 11) is 0. The number of oxazole rings is 1. The Labute approximate surface area is 119 Å². The van der Waals surface area contributed by atoms with Crippen LogP contribution in [0.2, 0.25) is 0 Å². The molecule has 2 aromatic rings. The van der Waals surface area contributed by atoms with E-state index in [2.05, 4.69) is 10.3 Å². The van der Waals surface area contributed by atoms with Crippen LogP contribution in [-0.4, -0.2) is 16.9 Å². The van der Waals surface area contributed by atoms with Gasteiger partial charge in [0.1, 0.15) is 0 Å². The zero-order valence-electron chi connectivity index (χ0n) is 11.9. The van der Waals surface area contributed by atoms with Crippen LogP contribution >= 0.6 is 0 Å². The van der Waals surface area contributed by atoms with E-state index in [1.54, 1.807) is 6.20 Å². The summed E-state index contributed by atoms with van der Waals surface area (Å²) in [6.45, 7) is 4.04. The van der Waals surface area contributed by atoms with Crippen molar-refractivity contribution in [1.82, 2.24) is 10.3 Å². The first-order valence-electron chi connectivity index (χ1n) is 6.98. The van der Waals surface area contributed by atoms with Crippen molar-refractivity contribution in [2.24, 2.45) is 0 Å². The van der Waals surface area contributed by atoms with Crippen LogP contribution in [-0.2, 0) is 11.2 Å². The standard InChI is InChI=1S/C16H20N2O2/c1-3-12(2)18-15(19)9-10-16-17-11-14(20-16)13-7-5-4-6-8-13/h4-8,11-12H,3,9-10H2,1-2H3,(H,18,19)/t12-/m0/s1. The molecule has 0 saturated heterocycles. The topological polar surface area (TPSA) is 55.1 Å². The summed E-state index contributed by atoms with van der Waals surface area (Å²) in [5.41, 5.74) is 0.996. The summed E-state index contributed by atoms with van der Waals surface area (Å²) < 4.78 is 5.66. The largest absolute Gasteiger partial charge is 0.441 e. The molecule has 1 aromatic carbocycles. The predicted octanol–water partition coefficient (Wildman–Crippen LogP) is 3.19. The van der Waals surface area contributed by atoms with E-state index in [1.165, 1.54) is 0 Å². The Kier molecular flexibility index (Phi) is 4.93. The number of hydrogen-bond donors (Lipinski definition) is 1. The van der Waals surface area contributed by atoms with Gasteiger partial charge in [-0.3, -0.25) is 4.79 Å². The lowest BCUT2D eigenvalue weighted by atomic mass is 10.2. The van der Waals surface area contributed by atoms with Crippen LogP contribution in [0.3, 0.4) is 0 Å². The zero-order valence-corrected chi connectivity index (χ0v) is 11.9. The molecule has 0 aliphatic carbocycles. The molecule has 0 saturated carbocycles. The molecule has 106 valence electrons. The number of carbonyl (C=O) groups excluding carboxylic acids is 1. The fourth-order valence-corrected chi connectivity index (χ4v) is 1.83. The lowest BCUT2D eigenvalue weighted by Crippen LogP contribution is -2.32. The van der Waals surface area contributed by atoms with Crippen molar-refractivity contribution in [2.45, 2.75) is 39.2 Å². The van der Waals surface area contributed by atoms with Crippen molar-refractivity contribution in [3.8, 4) is 11.3 Å². The number of aryl methyl sites for hydroxylation is 1. The molecule has 0 aliphatic rings. The monoisotopic (exact) mass is 272 g/mol.